The smallest absolute Gasteiger partial charge is 0.237 e. The minimum Gasteiger partial charge on any atom is -0.368 e. The number of carbonyl (C=O) groups is 2. The number of halogens is 1. The molecule has 0 bridgehead atoms. The number of anilines is 2. The van der Waals surface area contributed by atoms with Gasteiger partial charge in [-0.25, -0.2) is 4.39 Å². The molecule has 2 aromatic carbocycles. The molecule has 2 aromatic rings. The molecule has 7 heteroatoms. The normalized spacial score (nSPS) is 19.1. The van der Waals surface area contributed by atoms with E-state index in [4.69, 9.17) is 0 Å². The summed E-state index contributed by atoms with van der Waals surface area (Å²) < 4.78 is 13.3. The zero-order valence-electron chi connectivity index (χ0n) is 15.6. The molecule has 0 radical (unpaired) electrons. The molecule has 1 unspecified atom stereocenters. The molecular weight excluding hydrogens is 359 g/mol. The van der Waals surface area contributed by atoms with Gasteiger partial charge < -0.3 is 15.1 Å². The van der Waals surface area contributed by atoms with Crippen LogP contribution in [0.15, 0.2) is 41.4 Å². The second-order valence-corrected chi connectivity index (χ2v) is 7.08. The van der Waals surface area contributed by atoms with Crippen molar-refractivity contribution in [2.75, 3.05) is 36.4 Å². The van der Waals surface area contributed by atoms with Crippen LogP contribution in [-0.4, -0.2) is 49.6 Å². The number of fused-ring (bicyclic) bond motifs is 1. The third kappa shape index (κ3) is 3.47. The first-order chi connectivity index (χ1) is 13.5. The topological polar surface area (TPSA) is 65.0 Å². The van der Waals surface area contributed by atoms with E-state index in [-0.39, 0.29) is 11.7 Å². The van der Waals surface area contributed by atoms with Gasteiger partial charge in [0.05, 0.1) is 5.69 Å². The van der Waals surface area contributed by atoms with Gasteiger partial charge in [0.25, 0.3) is 0 Å². The lowest BCUT2D eigenvalue weighted by Gasteiger charge is -2.35. The van der Waals surface area contributed by atoms with Crippen molar-refractivity contribution >= 4 is 35.6 Å². The van der Waals surface area contributed by atoms with Gasteiger partial charge >= 0.3 is 0 Å². The largest absolute Gasteiger partial charge is 0.368 e. The molecule has 1 saturated heterocycles. The summed E-state index contributed by atoms with van der Waals surface area (Å²) in [6.07, 6.45) is 2.50. The molecular formula is C21H21FN4O2. The average molecular weight is 380 g/mol. The van der Waals surface area contributed by atoms with Crippen molar-refractivity contribution in [1.29, 1.82) is 0 Å². The molecule has 0 aromatic heterocycles. The monoisotopic (exact) mass is 380 g/mol. The summed E-state index contributed by atoms with van der Waals surface area (Å²) in [7, 11) is 0. The lowest BCUT2D eigenvalue weighted by atomic mass is 10.0. The Hall–Kier alpha value is -3.22. The van der Waals surface area contributed by atoms with Gasteiger partial charge in [-0.3, -0.25) is 14.6 Å². The highest BCUT2D eigenvalue weighted by molar-refractivity contribution is 6.12. The van der Waals surface area contributed by atoms with Gasteiger partial charge in [0, 0.05) is 43.8 Å². The van der Waals surface area contributed by atoms with E-state index in [2.05, 4.69) is 15.2 Å². The van der Waals surface area contributed by atoms with Crippen LogP contribution in [-0.2, 0) is 9.59 Å². The number of piperazine rings is 1. The Kier molecular flexibility index (Phi) is 4.81. The third-order valence-electron chi connectivity index (χ3n) is 5.25. The first-order valence-electron chi connectivity index (χ1n) is 9.24. The number of benzene rings is 2. The fraction of sp³-hybridized carbons (Fsp3) is 0.286. The molecule has 1 N–H and O–H groups in total. The maximum atomic E-state index is 13.3. The van der Waals surface area contributed by atoms with E-state index in [1.165, 1.54) is 12.1 Å². The Morgan fingerprint density at radius 3 is 2.64 bits per heavy atom. The molecule has 144 valence electrons. The molecule has 2 heterocycles. The predicted molar refractivity (Wildman–Crippen MR) is 107 cm³/mol. The van der Waals surface area contributed by atoms with E-state index in [1.807, 2.05) is 25.1 Å². The molecule has 1 fully saturated rings. The number of rotatable bonds is 4. The first-order valence-corrected chi connectivity index (χ1v) is 9.24. The van der Waals surface area contributed by atoms with Gasteiger partial charge in [-0.05, 0) is 48.4 Å². The number of carbonyl (C=O) groups excluding carboxylic acids is 2. The second kappa shape index (κ2) is 7.42. The van der Waals surface area contributed by atoms with Crippen molar-refractivity contribution < 1.29 is 14.0 Å². The quantitative estimate of drug-likeness (QED) is 0.655. The van der Waals surface area contributed by atoms with Gasteiger partial charge in [0.15, 0.2) is 0 Å². The summed E-state index contributed by atoms with van der Waals surface area (Å²) in [5, 5.41) is 2.69. The Balaban J connectivity index is 1.50. The fourth-order valence-electron chi connectivity index (χ4n) is 3.71. The first kappa shape index (κ1) is 18.2. The van der Waals surface area contributed by atoms with Crippen LogP contribution in [0.1, 0.15) is 17.0 Å². The fourth-order valence-corrected chi connectivity index (χ4v) is 3.71. The average Bonchev–Trinajstić information content (AvgIpc) is 3.00. The van der Waals surface area contributed by atoms with Gasteiger partial charge in [0.1, 0.15) is 11.7 Å². The van der Waals surface area contributed by atoms with Crippen LogP contribution in [0.4, 0.5) is 21.5 Å². The van der Waals surface area contributed by atoms with Crippen molar-refractivity contribution in [3.63, 3.8) is 0 Å². The van der Waals surface area contributed by atoms with Gasteiger partial charge in [-0.15, -0.1) is 0 Å². The van der Waals surface area contributed by atoms with E-state index in [1.54, 1.807) is 17.2 Å². The van der Waals surface area contributed by atoms with E-state index in [9.17, 15) is 14.0 Å². The number of aliphatic imine (C=N–C) groups is 1. The van der Waals surface area contributed by atoms with E-state index < -0.39 is 5.92 Å². The number of hydrogen-bond acceptors (Lipinski definition) is 4. The number of amides is 2. The lowest BCUT2D eigenvalue weighted by Crippen LogP contribution is -2.45. The Labute approximate surface area is 162 Å². The van der Waals surface area contributed by atoms with Crippen molar-refractivity contribution in [1.82, 2.24) is 4.90 Å². The van der Waals surface area contributed by atoms with Crippen molar-refractivity contribution in [3.05, 3.63) is 53.3 Å². The van der Waals surface area contributed by atoms with Crippen LogP contribution in [0.3, 0.4) is 0 Å². The molecule has 0 aliphatic carbocycles. The highest BCUT2D eigenvalue weighted by atomic mass is 19.1. The maximum absolute atomic E-state index is 13.3. The SMILES string of the molecule is Cc1cc(N=CC2C(=O)Nc3cc(F)ccc32)ccc1N1CCN(C=O)CC1. The van der Waals surface area contributed by atoms with E-state index in [0.29, 0.717) is 5.69 Å². The van der Waals surface area contributed by atoms with E-state index in [0.717, 1.165) is 55.1 Å². The minimum absolute atomic E-state index is 0.203. The number of nitrogens with zero attached hydrogens (tertiary/aromatic N) is 3. The molecule has 1 atom stereocenters. The van der Waals surface area contributed by atoms with Gasteiger partial charge in [-0.1, -0.05) is 6.07 Å². The molecule has 0 spiro atoms. The minimum atomic E-state index is -0.521. The van der Waals surface area contributed by atoms with Gasteiger partial charge in [-0.2, -0.15) is 0 Å². The molecule has 2 amide bonds. The summed E-state index contributed by atoms with van der Waals surface area (Å²) >= 11 is 0. The summed E-state index contributed by atoms with van der Waals surface area (Å²) in [6, 6.07) is 10.2. The standard InChI is InChI=1S/C21H21FN4O2/c1-14-10-16(3-5-20(14)26-8-6-25(13-27)7-9-26)23-12-18-17-4-2-15(22)11-19(17)24-21(18)28/h2-5,10-13,18H,6-9H2,1H3,(H,24,28). The van der Waals surface area contributed by atoms with Crippen LogP contribution in [0.5, 0.6) is 0 Å². The van der Waals surface area contributed by atoms with Crippen molar-refractivity contribution in [2.45, 2.75) is 12.8 Å². The Bertz CT molecular complexity index is 951. The zero-order chi connectivity index (χ0) is 19.7. The van der Waals surface area contributed by atoms with Crippen LogP contribution in [0, 0.1) is 12.7 Å². The summed E-state index contributed by atoms with van der Waals surface area (Å²) in [5.74, 6) is -1.10. The zero-order valence-corrected chi connectivity index (χ0v) is 15.6. The maximum Gasteiger partial charge on any atom is 0.237 e. The van der Waals surface area contributed by atoms with Gasteiger partial charge in [0.2, 0.25) is 12.3 Å². The summed E-state index contributed by atoms with van der Waals surface area (Å²) in [4.78, 5) is 31.6. The number of nitrogens with one attached hydrogen (secondary N) is 1. The van der Waals surface area contributed by atoms with Crippen LogP contribution >= 0.6 is 0 Å². The predicted octanol–water partition coefficient (Wildman–Crippen LogP) is 2.85. The Morgan fingerprint density at radius 1 is 1.14 bits per heavy atom. The molecule has 4 rings (SSSR count). The third-order valence-corrected chi connectivity index (χ3v) is 5.25. The molecule has 2 aliphatic rings. The summed E-state index contributed by atoms with van der Waals surface area (Å²) in [6.45, 7) is 5.08. The van der Waals surface area contributed by atoms with Crippen molar-refractivity contribution in [3.8, 4) is 0 Å². The van der Waals surface area contributed by atoms with Crippen LogP contribution < -0.4 is 10.2 Å². The second-order valence-electron chi connectivity index (χ2n) is 7.08. The van der Waals surface area contributed by atoms with Crippen LogP contribution in [0.2, 0.25) is 0 Å². The molecule has 0 saturated carbocycles. The number of hydrogen-bond donors (Lipinski definition) is 1. The van der Waals surface area contributed by atoms with Crippen molar-refractivity contribution in [2.24, 2.45) is 4.99 Å². The van der Waals surface area contributed by atoms with E-state index >= 15 is 0 Å². The highest BCUT2D eigenvalue weighted by Gasteiger charge is 2.29. The molecule has 2 aliphatic heterocycles. The van der Waals surface area contributed by atoms with Crippen LogP contribution in [0.25, 0.3) is 0 Å². The number of aryl methyl sites for hydroxylation is 1. The lowest BCUT2D eigenvalue weighted by molar-refractivity contribution is -0.118. The molecule has 28 heavy (non-hydrogen) atoms. The highest BCUT2D eigenvalue weighted by Crippen LogP contribution is 2.33. The molecule has 6 nitrogen and oxygen atoms in total. The Morgan fingerprint density at radius 2 is 1.93 bits per heavy atom. The summed E-state index contributed by atoms with van der Waals surface area (Å²) in [5.41, 5.74) is 4.21.